The molecule has 148 valence electrons. The zero-order valence-corrected chi connectivity index (χ0v) is 17.7. The van der Waals surface area contributed by atoms with Gasteiger partial charge < -0.3 is 10.2 Å². The number of hydrogen-bond acceptors (Lipinski definition) is 4. The molecular weight excluding hydrogens is 368 g/mol. The first-order valence-corrected chi connectivity index (χ1v) is 10.5. The molecule has 0 aliphatic carbocycles. The second-order valence-electron chi connectivity index (χ2n) is 7.11. The third kappa shape index (κ3) is 5.00. The minimum atomic E-state index is 0.316. The highest BCUT2D eigenvalue weighted by molar-refractivity contribution is 6.35. The molecule has 0 amide bonds. The molecule has 1 atom stereocenters. The van der Waals surface area contributed by atoms with Crippen molar-refractivity contribution >= 4 is 28.3 Å². The van der Waals surface area contributed by atoms with Crippen LogP contribution >= 0.6 is 11.6 Å². The van der Waals surface area contributed by atoms with Crippen LogP contribution in [0.5, 0.6) is 0 Å². The number of fused-ring (bicyclic) bond motifs is 1. The quantitative estimate of drug-likeness (QED) is 0.490. The monoisotopic (exact) mass is 396 g/mol. The van der Waals surface area contributed by atoms with Crippen molar-refractivity contribution in [3.63, 3.8) is 0 Å². The Balaban J connectivity index is 1.84. The lowest BCUT2D eigenvalue weighted by molar-refractivity contribution is 0.295. The van der Waals surface area contributed by atoms with Crippen LogP contribution < -0.4 is 5.32 Å². The highest BCUT2D eigenvalue weighted by Crippen LogP contribution is 2.30. The molecule has 0 aliphatic rings. The number of rotatable bonds is 9. The van der Waals surface area contributed by atoms with E-state index >= 15 is 0 Å². The summed E-state index contributed by atoms with van der Waals surface area (Å²) < 4.78 is 0. The van der Waals surface area contributed by atoms with Gasteiger partial charge in [-0.2, -0.15) is 0 Å². The summed E-state index contributed by atoms with van der Waals surface area (Å²) in [5, 5.41) is 5.21. The highest BCUT2D eigenvalue weighted by atomic mass is 35.5. The molecule has 3 aromatic rings. The Hall–Kier alpha value is -2.17. The predicted molar refractivity (Wildman–Crippen MR) is 120 cm³/mol. The minimum absolute atomic E-state index is 0.316. The lowest BCUT2D eigenvalue weighted by atomic mass is 10.1. The van der Waals surface area contributed by atoms with E-state index < -0.39 is 0 Å². The zero-order chi connectivity index (χ0) is 19.9. The van der Waals surface area contributed by atoms with Gasteiger partial charge in [0.2, 0.25) is 0 Å². The largest absolute Gasteiger partial charge is 0.367 e. The topological polar surface area (TPSA) is 41.0 Å². The summed E-state index contributed by atoms with van der Waals surface area (Å²) >= 11 is 6.45. The van der Waals surface area contributed by atoms with Crippen LogP contribution in [-0.2, 0) is 0 Å². The van der Waals surface area contributed by atoms with Crippen LogP contribution in [0.1, 0.15) is 33.6 Å². The first-order chi connectivity index (χ1) is 13.6. The normalized spacial score (nSPS) is 12.5. The van der Waals surface area contributed by atoms with E-state index in [4.69, 9.17) is 21.6 Å². The van der Waals surface area contributed by atoms with Crippen molar-refractivity contribution in [3.05, 3.63) is 53.6 Å². The fourth-order valence-electron chi connectivity index (χ4n) is 3.41. The maximum Gasteiger partial charge on any atom is 0.162 e. The molecule has 0 saturated carbocycles. The number of para-hydroxylation sites is 1. The van der Waals surface area contributed by atoms with Gasteiger partial charge in [0.15, 0.2) is 5.82 Å². The van der Waals surface area contributed by atoms with Gasteiger partial charge in [0.25, 0.3) is 0 Å². The average Bonchev–Trinajstić information content (AvgIpc) is 2.72. The van der Waals surface area contributed by atoms with Gasteiger partial charge >= 0.3 is 0 Å². The number of benzene rings is 2. The number of halogens is 1. The number of hydrogen-bond donors (Lipinski definition) is 1. The summed E-state index contributed by atoms with van der Waals surface area (Å²) in [4.78, 5) is 12.0. The Morgan fingerprint density at radius 1 is 1.00 bits per heavy atom. The van der Waals surface area contributed by atoms with Crippen LogP contribution in [0.3, 0.4) is 0 Å². The van der Waals surface area contributed by atoms with E-state index in [0.717, 1.165) is 54.8 Å². The maximum absolute atomic E-state index is 6.45. The SMILES string of the molecule is CCN(CC)CCCC(C)Nc1nc(-c2ccccc2)nc2c(Cl)cccc12. The van der Waals surface area contributed by atoms with E-state index in [9.17, 15) is 0 Å². The number of nitrogens with one attached hydrogen (secondary N) is 1. The summed E-state index contributed by atoms with van der Waals surface area (Å²) in [7, 11) is 0. The van der Waals surface area contributed by atoms with Crippen LogP contribution in [0.4, 0.5) is 5.82 Å². The van der Waals surface area contributed by atoms with Gasteiger partial charge in [-0.1, -0.05) is 61.8 Å². The molecule has 1 aromatic heterocycles. The molecule has 0 spiro atoms. The van der Waals surface area contributed by atoms with Crippen molar-refractivity contribution < 1.29 is 0 Å². The molecule has 2 aromatic carbocycles. The predicted octanol–water partition coefficient (Wildman–Crippen LogP) is 5.87. The Labute approximate surface area is 173 Å². The van der Waals surface area contributed by atoms with Crippen molar-refractivity contribution in [1.29, 1.82) is 0 Å². The molecular formula is C23H29ClN4. The number of aromatic nitrogens is 2. The van der Waals surface area contributed by atoms with Gasteiger partial charge in [-0.05, 0) is 51.5 Å². The van der Waals surface area contributed by atoms with E-state index in [1.54, 1.807) is 0 Å². The first-order valence-electron chi connectivity index (χ1n) is 10.1. The fourth-order valence-corrected chi connectivity index (χ4v) is 3.63. The Kier molecular flexibility index (Phi) is 7.24. The van der Waals surface area contributed by atoms with Crippen molar-refractivity contribution in [2.45, 2.75) is 39.7 Å². The molecule has 1 unspecified atom stereocenters. The molecule has 0 aliphatic heterocycles. The third-order valence-electron chi connectivity index (χ3n) is 5.10. The summed E-state index contributed by atoms with van der Waals surface area (Å²) in [6.07, 6.45) is 2.24. The van der Waals surface area contributed by atoms with Crippen LogP contribution in [0, 0.1) is 0 Å². The van der Waals surface area contributed by atoms with E-state index in [1.165, 1.54) is 0 Å². The number of anilines is 1. The van der Waals surface area contributed by atoms with Gasteiger partial charge in [-0.3, -0.25) is 0 Å². The van der Waals surface area contributed by atoms with Gasteiger partial charge in [-0.25, -0.2) is 9.97 Å². The molecule has 4 nitrogen and oxygen atoms in total. The molecule has 1 N–H and O–H groups in total. The van der Waals surface area contributed by atoms with Crippen molar-refractivity contribution in [3.8, 4) is 11.4 Å². The highest BCUT2D eigenvalue weighted by Gasteiger charge is 2.13. The summed E-state index contributed by atoms with van der Waals surface area (Å²) in [6, 6.07) is 16.2. The molecule has 3 rings (SSSR count). The Morgan fingerprint density at radius 3 is 2.46 bits per heavy atom. The van der Waals surface area contributed by atoms with Gasteiger partial charge in [0.1, 0.15) is 5.82 Å². The van der Waals surface area contributed by atoms with Crippen LogP contribution in [-0.4, -0.2) is 40.5 Å². The van der Waals surface area contributed by atoms with E-state index in [2.05, 4.69) is 31.0 Å². The second kappa shape index (κ2) is 9.85. The van der Waals surface area contributed by atoms with Crippen LogP contribution in [0.25, 0.3) is 22.3 Å². The smallest absolute Gasteiger partial charge is 0.162 e. The molecule has 0 fully saturated rings. The minimum Gasteiger partial charge on any atom is -0.367 e. The molecule has 0 radical (unpaired) electrons. The third-order valence-corrected chi connectivity index (χ3v) is 5.40. The van der Waals surface area contributed by atoms with Crippen molar-refractivity contribution in [2.24, 2.45) is 0 Å². The van der Waals surface area contributed by atoms with E-state index in [1.807, 2.05) is 48.5 Å². The first kappa shape index (κ1) is 20.6. The lowest BCUT2D eigenvalue weighted by Crippen LogP contribution is -2.25. The molecule has 5 heteroatoms. The molecule has 0 saturated heterocycles. The maximum atomic E-state index is 6.45. The fraction of sp³-hybridized carbons (Fsp3) is 0.391. The van der Waals surface area contributed by atoms with E-state index in [-0.39, 0.29) is 0 Å². The van der Waals surface area contributed by atoms with Crippen molar-refractivity contribution in [2.75, 3.05) is 25.0 Å². The number of nitrogens with zero attached hydrogens (tertiary/aromatic N) is 3. The summed E-state index contributed by atoms with van der Waals surface area (Å²) in [5.41, 5.74) is 1.78. The van der Waals surface area contributed by atoms with Crippen LogP contribution in [0.2, 0.25) is 5.02 Å². The summed E-state index contributed by atoms with van der Waals surface area (Å²) in [5.74, 6) is 1.54. The van der Waals surface area contributed by atoms with Crippen molar-refractivity contribution in [1.82, 2.24) is 14.9 Å². The molecule has 28 heavy (non-hydrogen) atoms. The molecule has 1 heterocycles. The molecule has 0 bridgehead atoms. The summed E-state index contributed by atoms with van der Waals surface area (Å²) in [6.45, 7) is 9.98. The second-order valence-corrected chi connectivity index (χ2v) is 7.52. The Bertz CT molecular complexity index is 894. The van der Waals surface area contributed by atoms with Crippen LogP contribution in [0.15, 0.2) is 48.5 Å². The zero-order valence-electron chi connectivity index (χ0n) is 17.0. The van der Waals surface area contributed by atoms with Gasteiger partial charge in [-0.15, -0.1) is 0 Å². The lowest BCUT2D eigenvalue weighted by Gasteiger charge is -2.20. The standard InChI is InChI=1S/C23H29ClN4/c1-4-28(5-2)16-10-11-17(3)25-23-19-14-9-15-20(24)21(19)26-22(27-23)18-12-7-6-8-13-18/h6-9,12-15,17H,4-5,10-11,16H2,1-3H3,(H,25,26,27). The Morgan fingerprint density at radius 2 is 1.75 bits per heavy atom. The van der Waals surface area contributed by atoms with Gasteiger partial charge in [0, 0.05) is 17.0 Å². The van der Waals surface area contributed by atoms with E-state index in [0.29, 0.717) is 16.9 Å². The average molecular weight is 397 g/mol. The van der Waals surface area contributed by atoms with Gasteiger partial charge in [0.05, 0.1) is 10.5 Å².